The maximum Gasteiger partial charge on any atom is 0.316 e. The third kappa shape index (κ3) is 4.19. The number of hydrogen-bond donors (Lipinski definition) is 1. The van der Waals surface area contributed by atoms with E-state index in [4.69, 9.17) is 4.74 Å². The van der Waals surface area contributed by atoms with Gasteiger partial charge in [0.1, 0.15) is 0 Å². The maximum atomic E-state index is 12.3. The quantitative estimate of drug-likeness (QED) is 0.860. The predicted molar refractivity (Wildman–Crippen MR) is 90.2 cm³/mol. The minimum Gasteiger partial charge on any atom is -0.455 e. The fourth-order valence-electron chi connectivity index (χ4n) is 2.18. The van der Waals surface area contributed by atoms with Crippen molar-refractivity contribution in [3.8, 4) is 0 Å². The van der Waals surface area contributed by atoms with Gasteiger partial charge in [-0.05, 0) is 38.0 Å². The number of carbonyl (C=O) groups excluding carboxylic acids is 2. The van der Waals surface area contributed by atoms with Gasteiger partial charge in [-0.1, -0.05) is 48.5 Å². The normalized spacial score (nSPS) is 10.9. The number of esters is 1. The molecule has 23 heavy (non-hydrogen) atoms. The fraction of sp³-hybridized carbons (Fsp3) is 0.263. The average molecular weight is 311 g/mol. The van der Waals surface area contributed by atoms with Crippen LogP contribution in [0, 0.1) is 6.92 Å². The molecule has 120 valence electrons. The lowest BCUT2D eigenvalue weighted by Crippen LogP contribution is -2.33. The molecule has 4 nitrogen and oxygen atoms in total. The van der Waals surface area contributed by atoms with Crippen molar-refractivity contribution in [2.75, 3.05) is 11.9 Å². The minimum atomic E-state index is -0.801. The standard InChI is InChI=1S/C19H21NO3/c1-14-9-7-8-12-16(14)20-17(21)13-23-18(22)19(2,3)15-10-5-4-6-11-15/h4-12H,13H2,1-3H3,(H,20,21). The highest BCUT2D eigenvalue weighted by Gasteiger charge is 2.31. The lowest BCUT2D eigenvalue weighted by atomic mass is 9.85. The highest BCUT2D eigenvalue weighted by Crippen LogP contribution is 2.24. The van der Waals surface area contributed by atoms with Crippen molar-refractivity contribution >= 4 is 17.6 Å². The van der Waals surface area contributed by atoms with Crippen LogP contribution in [0.2, 0.25) is 0 Å². The first-order valence-corrected chi connectivity index (χ1v) is 7.49. The number of nitrogens with one attached hydrogen (secondary N) is 1. The molecular weight excluding hydrogens is 290 g/mol. The van der Waals surface area contributed by atoms with Gasteiger partial charge in [0.2, 0.25) is 0 Å². The Morgan fingerprint density at radius 3 is 2.26 bits per heavy atom. The summed E-state index contributed by atoms with van der Waals surface area (Å²) in [5, 5.41) is 2.74. The molecule has 0 spiro atoms. The van der Waals surface area contributed by atoms with Gasteiger partial charge >= 0.3 is 5.97 Å². The highest BCUT2D eigenvalue weighted by atomic mass is 16.5. The van der Waals surface area contributed by atoms with Gasteiger partial charge in [0.15, 0.2) is 6.61 Å². The van der Waals surface area contributed by atoms with Crippen LogP contribution in [-0.4, -0.2) is 18.5 Å². The van der Waals surface area contributed by atoms with Crippen molar-refractivity contribution in [1.29, 1.82) is 0 Å². The first-order chi connectivity index (χ1) is 10.9. The summed E-state index contributed by atoms with van der Waals surface area (Å²) in [6.07, 6.45) is 0. The molecular formula is C19H21NO3. The molecule has 4 heteroatoms. The van der Waals surface area contributed by atoms with Crippen LogP contribution in [0.1, 0.15) is 25.0 Å². The van der Waals surface area contributed by atoms with Crippen LogP contribution in [0.3, 0.4) is 0 Å². The Labute approximate surface area is 136 Å². The Balaban J connectivity index is 1.94. The summed E-state index contributed by atoms with van der Waals surface area (Å²) in [5.41, 5.74) is 1.72. The lowest BCUT2D eigenvalue weighted by Gasteiger charge is -2.22. The number of ether oxygens (including phenoxy) is 1. The topological polar surface area (TPSA) is 55.4 Å². The van der Waals surface area contributed by atoms with Crippen LogP contribution < -0.4 is 5.32 Å². The molecule has 1 N–H and O–H groups in total. The Morgan fingerprint density at radius 2 is 1.61 bits per heavy atom. The van der Waals surface area contributed by atoms with Gasteiger partial charge in [-0.3, -0.25) is 9.59 Å². The molecule has 0 aromatic heterocycles. The van der Waals surface area contributed by atoms with Gasteiger partial charge in [0.25, 0.3) is 5.91 Å². The molecule has 0 radical (unpaired) electrons. The molecule has 0 bridgehead atoms. The van der Waals surface area contributed by atoms with E-state index < -0.39 is 11.4 Å². The van der Waals surface area contributed by atoms with Crippen molar-refractivity contribution in [2.24, 2.45) is 0 Å². The molecule has 2 rings (SSSR count). The van der Waals surface area contributed by atoms with Crippen LogP contribution in [0.5, 0.6) is 0 Å². The van der Waals surface area contributed by atoms with Gasteiger partial charge in [0.05, 0.1) is 5.41 Å². The number of carbonyl (C=O) groups is 2. The van der Waals surface area contributed by atoms with Gasteiger partial charge in [-0.15, -0.1) is 0 Å². The molecule has 2 aromatic carbocycles. The van der Waals surface area contributed by atoms with Gasteiger partial charge in [0, 0.05) is 5.69 Å². The Morgan fingerprint density at radius 1 is 1.00 bits per heavy atom. The number of para-hydroxylation sites is 1. The van der Waals surface area contributed by atoms with E-state index in [9.17, 15) is 9.59 Å². The average Bonchev–Trinajstić information content (AvgIpc) is 2.55. The van der Waals surface area contributed by atoms with E-state index in [0.717, 1.165) is 16.8 Å². The first kappa shape index (κ1) is 16.7. The predicted octanol–water partition coefficient (Wildman–Crippen LogP) is 3.45. The summed E-state index contributed by atoms with van der Waals surface area (Å²) >= 11 is 0. The molecule has 0 saturated heterocycles. The summed E-state index contributed by atoms with van der Waals surface area (Å²) in [5.74, 6) is -0.778. The molecule has 0 fully saturated rings. The van der Waals surface area contributed by atoms with E-state index in [-0.39, 0.29) is 12.5 Å². The molecule has 0 aliphatic carbocycles. The van der Waals surface area contributed by atoms with Gasteiger partial charge in [-0.2, -0.15) is 0 Å². The fourth-order valence-corrected chi connectivity index (χ4v) is 2.18. The summed E-state index contributed by atoms with van der Waals surface area (Å²) in [7, 11) is 0. The van der Waals surface area contributed by atoms with Crippen molar-refractivity contribution < 1.29 is 14.3 Å². The van der Waals surface area contributed by atoms with E-state index in [1.165, 1.54) is 0 Å². The van der Waals surface area contributed by atoms with Crippen LogP contribution in [0.15, 0.2) is 54.6 Å². The number of rotatable bonds is 5. The Hall–Kier alpha value is -2.62. The third-order valence-electron chi connectivity index (χ3n) is 3.76. The SMILES string of the molecule is Cc1ccccc1NC(=O)COC(=O)C(C)(C)c1ccccc1. The van der Waals surface area contributed by atoms with Crippen LogP contribution in [0.25, 0.3) is 0 Å². The van der Waals surface area contributed by atoms with Crippen molar-refractivity contribution in [2.45, 2.75) is 26.2 Å². The van der Waals surface area contributed by atoms with Crippen molar-refractivity contribution in [3.05, 3.63) is 65.7 Å². The zero-order chi connectivity index (χ0) is 16.9. The Bertz CT molecular complexity index is 693. The summed E-state index contributed by atoms with van der Waals surface area (Å²) < 4.78 is 5.18. The molecule has 0 atom stereocenters. The molecule has 2 aromatic rings. The maximum absolute atomic E-state index is 12.3. The first-order valence-electron chi connectivity index (χ1n) is 7.49. The zero-order valence-electron chi connectivity index (χ0n) is 13.6. The van der Waals surface area contributed by atoms with E-state index in [1.807, 2.05) is 61.5 Å². The van der Waals surface area contributed by atoms with E-state index in [2.05, 4.69) is 5.32 Å². The van der Waals surface area contributed by atoms with Crippen LogP contribution in [-0.2, 0) is 19.7 Å². The summed E-state index contributed by atoms with van der Waals surface area (Å²) in [6.45, 7) is 5.16. The molecule has 0 unspecified atom stereocenters. The largest absolute Gasteiger partial charge is 0.455 e. The smallest absolute Gasteiger partial charge is 0.316 e. The minimum absolute atomic E-state index is 0.302. The number of amides is 1. The highest BCUT2D eigenvalue weighted by molar-refractivity contribution is 5.94. The number of hydrogen-bond acceptors (Lipinski definition) is 3. The second-order valence-electron chi connectivity index (χ2n) is 5.93. The zero-order valence-corrected chi connectivity index (χ0v) is 13.6. The molecule has 1 amide bonds. The number of aryl methyl sites for hydroxylation is 1. The molecule has 0 aliphatic rings. The third-order valence-corrected chi connectivity index (χ3v) is 3.76. The molecule has 0 saturated carbocycles. The van der Waals surface area contributed by atoms with Gasteiger partial charge < -0.3 is 10.1 Å². The van der Waals surface area contributed by atoms with Crippen LogP contribution >= 0.6 is 0 Å². The van der Waals surface area contributed by atoms with E-state index >= 15 is 0 Å². The Kier molecular flexibility index (Phi) is 5.16. The monoisotopic (exact) mass is 311 g/mol. The number of benzene rings is 2. The molecule has 0 aliphatic heterocycles. The molecule has 0 heterocycles. The summed E-state index contributed by atoms with van der Waals surface area (Å²) in [6, 6.07) is 16.8. The summed E-state index contributed by atoms with van der Waals surface area (Å²) in [4.78, 5) is 24.2. The second-order valence-corrected chi connectivity index (χ2v) is 5.93. The van der Waals surface area contributed by atoms with Crippen LogP contribution in [0.4, 0.5) is 5.69 Å². The van der Waals surface area contributed by atoms with E-state index in [1.54, 1.807) is 13.8 Å². The second kappa shape index (κ2) is 7.09. The lowest BCUT2D eigenvalue weighted by molar-refractivity contribution is -0.152. The van der Waals surface area contributed by atoms with Gasteiger partial charge in [-0.25, -0.2) is 0 Å². The van der Waals surface area contributed by atoms with E-state index in [0.29, 0.717) is 0 Å². The number of anilines is 1. The van der Waals surface area contributed by atoms with Crippen molar-refractivity contribution in [3.63, 3.8) is 0 Å². The van der Waals surface area contributed by atoms with Crippen molar-refractivity contribution in [1.82, 2.24) is 0 Å².